The van der Waals surface area contributed by atoms with E-state index in [4.69, 9.17) is 0 Å². The molecule has 5 heteroatoms. The molecule has 1 aliphatic heterocycles. The molecule has 1 fully saturated rings. The second kappa shape index (κ2) is 8.21. The number of carbonyl (C=O) groups excluding carboxylic acids is 2. The van der Waals surface area contributed by atoms with Crippen LogP contribution in [0.3, 0.4) is 0 Å². The fourth-order valence-electron chi connectivity index (χ4n) is 4.07. The maximum atomic E-state index is 13.0. The van der Waals surface area contributed by atoms with Crippen LogP contribution >= 0.6 is 0 Å². The van der Waals surface area contributed by atoms with Crippen molar-refractivity contribution in [3.05, 3.63) is 70.9 Å². The molecule has 4 rings (SSSR count). The summed E-state index contributed by atoms with van der Waals surface area (Å²) in [7, 11) is 0. The molecule has 2 heterocycles. The summed E-state index contributed by atoms with van der Waals surface area (Å²) >= 11 is 0. The van der Waals surface area contributed by atoms with Crippen molar-refractivity contribution in [2.75, 3.05) is 32.7 Å². The molecule has 0 unspecified atom stereocenters. The first-order valence-corrected chi connectivity index (χ1v) is 10.2. The van der Waals surface area contributed by atoms with Crippen LogP contribution in [-0.4, -0.2) is 59.2 Å². The number of hydrogen-bond acceptors (Lipinski definition) is 3. The van der Waals surface area contributed by atoms with Gasteiger partial charge in [-0.2, -0.15) is 0 Å². The lowest BCUT2D eigenvalue weighted by Gasteiger charge is -2.34. The molecule has 1 aliphatic rings. The van der Waals surface area contributed by atoms with Crippen molar-refractivity contribution in [2.24, 2.45) is 0 Å². The van der Waals surface area contributed by atoms with Crippen molar-refractivity contribution in [1.82, 2.24) is 14.8 Å². The molecular formula is C24H27N3O2. The quantitative estimate of drug-likeness (QED) is 0.681. The highest BCUT2D eigenvalue weighted by atomic mass is 16.2. The number of Topliss-reactive ketones (excluding diaryl/α,β-unsaturated/α-hetero) is 1. The van der Waals surface area contributed by atoms with Gasteiger partial charge in [0.1, 0.15) is 0 Å². The van der Waals surface area contributed by atoms with Crippen LogP contribution in [0.25, 0.3) is 10.9 Å². The van der Waals surface area contributed by atoms with Crippen LogP contribution in [0.15, 0.2) is 48.5 Å². The van der Waals surface area contributed by atoms with Gasteiger partial charge in [0.05, 0.1) is 13.0 Å². The van der Waals surface area contributed by atoms with Crippen molar-refractivity contribution >= 4 is 22.6 Å². The second-order valence-corrected chi connectivity index (χ2v) is 7.91. The number of ketones is 1. The van der Waals surface area contributed by atoms with Crippen molar-refractivity contribution < 1.29 is 9.59 Å². The van der Waals surface area contributed by atoms with Gasteiger partial charge in [0.15, 0.2) is 5.78 Å². The number of carbonyl (C=O) groups is 2. The van der Waals surface area contributed by atoms with E-state index < -0.39 is 0 Å². The van der Waals surface area contributed by atoms with Gasteiger partial charge in [0, 0.05) is 48.3 Å². The van der Waals surface area contributed by atoms with E-state index in [0.29, 0.717) is 26.1 Å². The number of aromatic nitrogens is 1. The lowest BCUT2D eigenvalue weighted by atomic mass is 10.1. The number of aromatic amines is 1. The minimum absolute atomic E-state index is 0.138. The molecular weight excluding hydrogens is 362 g/mol. The van der Waals surface area contributed by atoms with Crippen LogP contribution in [0.2, 0.25) is 0 Å². The van der Waals surface area contributed by atoms with Crippen molar-refractivity contribution in [1.29, 1.82) is 0 Å². The van der Waals surface area contributed by atoms with Crippen molar-refractivity contribution in [2.45, 2.75) is 20.3 Å². The van der Waals surface area contributed by atoms with Gasteiger partial charge in [-0.25, -0.2) is 0 Å². The van der Waals surface area contributed by atoms with Crippen LogP contribution < -0.4 is 0 Å². The zero-order valence-electron chi connectivity index (χ0n) is 17.1. The summed E-state index contributed by atoms with van der Waals surface area (Å²) in [6, 6.07) is 16.0. The highest BCUT2D eigenvalue weighted by molar-refractivity contribution is 6.10. The Morgan fingerprint density at radius 1 is 0.931 bits per heavy atom. The Balaban J connectivity index is 1.33. The van der Waals surface area contributed by atoms with Gasteiger partial charge in [0.2, 0.25) is 5.91 Å². The first-order chi connectivity index (χ1) is 14.0. The van der Waals surface area contributed by atoms with Gasteiger partial charge in [-0.3, -0.25) is 14.5 Å². The van der Waals surface area contributed by atoms with E-state index in [2.05, 4.69) is 9.88 Å². The maximum absolute atomic E-state index is 13.0. The van der Waals surface area contributed by atoms with Gasteiger partial charge in [0.25, 0.3) is 0 Å². The number of H-pyrrole nitrogens is 1. The molecule has 1 saturated heterocycles. The Morgan fingerprint density at radius 2 is 1.62 bits per heavy atom. The zero-order valence-corrected chi connectivity index (χ0v) is 17.1. The molecule has 150 valence electrons. The molecule has 0 saturated carbocycles. The highest BCUT2D eigenvalue weighted by Gasteiger charge is 2.24. The molecule has 0 radical (unpaired) electrons. The minimum atomic E-state index is 0.138. The van der Waals surface area contributed by atoms with E-state index in [-0.39, 0.29) is 11.7 Å². The van der Waals surface area contributed by atoms with Gasteiger partial charge < -0.3 is 9.88 Å². The number of rotatable bonds is 5. The highest BCUT2D eigenvalue weighted by Crippen LogP contribution is 2.22. The summed E-state index contributed by atoms with van der Waals surface area (Å²) in [5.74, 6) is 0.298. The van der Waals surface area contributed by atoms with Gasteiger partial charge in [-0.15, -0.1) is 0 Å². The summed E-state index contributed by atoms with van der Waals surface area (Å²) in [6.45, 7) is 7.19. The number of piperazine rings is 1. The van der Waals surface area contributed by atoms with E-state index >= 15 is 0 Å². The number of aryl methyl sites for hydroxylation is 2. The first-order valence-electron chi connectivity index (χ1n) is 10.2. The maximum Gasteiger partial charge on any atom is 0.227 e. The number of fused-ring (bicyclic) bond motifs is 1. The van der Waals surface area contributed by atoms with Gasteiger partial charge >= 0.3 is 0 Å². The number of hydrogen-bond donors (Lipinski definition) is 1. The van der Waals surface area contributed by atoms with Crippen LogP contribution in [0.1, 0.15) is 27.2 Å². The fraction of sp³-hybridized carbons (Fsp3) is 0.333. The van der Waals surface area contributed by atoms with Gasteiger partial charge in [-0.1, -0.05) is 48.0 Å². The molecule has 0 aliphatic carbocycles. The molecule has 5 nitrogen and oxygen atoms in total. The Labute approximate surface area is 171 Å². The third kappa shape index (κ3) is 4.25. The third-order valence-corrected chi connectivity index (χ3v) is 5.74. The molecule has 1 N–H and O–H groups in total. The molecule has 1 amide bonds. The Bertz CT molecular complexity index is 1030. The fourth-order valence-corrected chi connectivity index (χ4v) is 4.07. The van der Waals surface area contributed by atoms with E-state index in [1.165, 1.54) is 5.56 Å². The molecule has 29 heavy (non-hydrogen) atoms. The summed E-state index contributed by atoms with van der Waals surface area (Å²) in [4.78, 5) is 32.9. The Kier molecular flexibility index (Phi) is 5.49. The van der Waals surface area contributed by atoms with Crippen molar-refractivity contribution in [3.63, 3.8) is 0 Å². The Hall–Kier alpha value is -2.92. The predicted molar refractivity (Wildman–Crippen MR) is 115 cm³/mol. The summed E-state index contributed by atoms with van der Waals surface area (Å²) < 4.78 is 0. The second-order valence-electron chi connectivity index (χ2n) is 7.91. The van der Waals surface area contributed by atoms with Gasteiger partial charge in [-0.05, 0) is 25.5 Å². The molecule has 0 bridgehead atoms. The van der Waals surface area contributed by atoms with E-state index in [1.807, 2.05) is 67.3 Å². The summed E-state index contributed by atoms with van der Waals surface area (Å²) in [5.41, 5.74) is 4.96. The van der Waals surface area contributed by atoms with E-state index in [9.17, 15) is 9.59 Å². The molecule has 3 aromatic rings. The number of nitrogens with zero attached hydrogens (tertiary/aromatic N) is 2. The predicted octanol–water partition coefficient (Wildman–Crippen LogP) is 3.35. The number of nitrogens with one attached hydrogen (secondary N) is 1. The third-order valence-electron chi connectivity index (χ3n) is 5.74. The van der Waals surface area contributed by atoms with E-state index in [1.54, 1.807) is 0 Å². The smallest absolute Gasteiger partial charge is 0.227 e. The lowest BCUT2D eigenvalue weighted by Crippen LogP contribution is -2.50. The molecule has 2 aromatic carbocycles. The largest absolute Gasteiger partial charge is 0.358 e. The molecule has 1 aromatic heterocycles. The summed E-state index contributed by atoms with van der Waals surface area (Å²) in [6.07, 6.45) is 0.438. The monoisotopic (exact) mass is 389 g/mol. The minimum Gasteiger partial charge on any atom is -0.358 e. The Morgan fingerprint density at radius 3 is 2.34 bits per heavy atom. The standard InChI is InChI=1S/C24H27N3O2/c1-17-7-9-19(10-8-17)15-23(29)27-13-11-26(12-14-27)16-22(28)24-18(2)25-21-6-4-3-5-20(21)24/h3-10,25H,11-16H2,1-2H3. The van der Waals surface area contributed by atoms with Crippen LogP contribution in [-0.2, 0) is 11.2 Å². The molecule has 0 atom stereocenters. The van der Waals surface area contributed by atoms with Crippen LogP contribution in [0, 0.1) is 13.8 Å². The average molecular weight is 389 g/mol. The average Bonchev–Trinajstić information content (AvgIpc) is 3.06. The number of amides is 1. The zero-order chi connectivity index (χ0) is 20.4. The van der Waals surface area contributed by atoms with E-state index in [0.717, 1.165) is 40.8 Å². The number of para-hydroxylation sites is 1. The molecule has 0 spiro atoms. The van der Waals surface area contributed by atoms with Crippen LogP contribution in [0.5, 0.6) is 0 Å². The number of benzene rings is 2. The van der Waals surface area contributed by atoms with Crippen molar-refractivity contribution in [3.8, 4) is 0 Å². The normalized spacial score (nSPS) is 15.0. The topological polar surface area (TPSA) is 56.4 Å². The first kappa shape index (κ1) is 19.4. The van der Waals surface area contributed by atoms with Crippen LogP contribution in [0.4, 0.5) is 0 Å². The SMILES string of the molecule is Cc1ccc(CC(=O)N2CCN(CC(=O)c3c(C)[nH]c4ccccc34)CC2)cc1. The summed E-state index contributed by atoms with van der Waals surface area (Å²) in [5, 5.41) is 0.988. The lowest BCUT2D eigenvalue weighted by molar-refractivity contribution is -0.132.